The molecule has 2 unspecified atom stereocenters. The lowest BCUT2D eigenvalue weighted by atomic mass is 9.90. The maximum atomic E-state index is 9.57. The van der Waals surface area contributed by atoms with E-state index in [-0.39, 0.29) is 11.1 Å². The van der Waals surface area contributed by atoms with Gasteiger partial charge in [0.25, 0.3) is 0 Å². The summed E-state index contributed by atoms with van der Waals surface area (Å²) in [6.45, 7) is 7.60. The van der Waals surface area contributed by atoms with Crippen molar-refractivity contribution in [3.8, 4) is 6.07 Å². The Hall–Kier alpha value is -0.630. The average molecular weight is 293 g/mol. The van der Waals surface area contributed by atoms with Crippen molar-refractivity contribution in [1.29, 1.82) is 5.26 Å². The molecule has 1 saturated carbocycles. The summed E-state index contributed by atoms with van der Waals surface area (Å²) in [5.41, 5.74) is -0.289. The van der Waals surface area contributed by atoms with Crippen LogP contribution in [0.2, 0.25) is 0 Å². The second kappa shape index (κ2) is 7.09. The minimum Gasteiger partial charge on any atom is -0.377 e. The number of rotatable bonds is 8. The summed E-state index contributed by atoms with van der Waals surface area (Å²) < 4.78 is 5.65. The Morgan fingerprint density at radius 2 is 2.24 bits per heavy atom. The first-order valence-corrected chi connectivity index (χ1v) is 8.51. The van der Waals surface area contributed by atoms with Gasteiger partial charge in [0.05, 0.1) is 11.7 Å². The van der Waals surface area contributed by atoms with Gasteiger partial charge in [0, 0.05) is 19.7 Å². The van der Waals surface area contributed by atoms with E-state index >= 15 is 0 Å². The van der Waals surface area contributed by atoms with E-state index in [1.807, 2.05) is 7.11 Å². The summed E-state index contributed by atoms with van der Waals surface area (Å²) in [5.74, 6) is 0. The van der Waals surface area contributed by atoms with Gasteiger partial charge in [-0.05, 0) is 65.0 Å². The topological polar surface area (TPSA) is 48.3 Å². The van der Waals surface area contributed by atoms with Gasteiger partial charge < -0.3 is 9.64 Å². The number of hydrogen-bond acceptors (Lipinski definition) is 4. The highest BCUT2D eigenvalue weighted by atomic mass is 16.5. The number of methoxy groups -OCH3 is 1. The monoisotopic (exact) mass is 293 g/mol. The maximum Gasteiger partial charge on any atom is 0.106 e. The van der Waals surface area contributed by atoms with Gasteiger partial charge in [-0.2, -0.15) is 5.26 Å². The number of nitrogens with one attached hydrogen (secondary N) is 1. The van der Waals surface area contributed by atoms with Crippen LogP contribution in [-0.2, 0) is 4.74 Å². The van der Waals surface area contributed by atoms with Gasteiger partial charge in [0.15, 0.2) is 0 Å². The van der Waals surface area contributed by atoms with Crippen molar-refractivity contribution in [1.82, 2.24) is 10.2 Å². The van der Waals surface area contributed by atoms with Crippen molar-refractivity contribution in [2.24, 2.45) is 0 Å². The lowest BCUT2D eigenvalue weighted by Gasteiger charge is -2.39. The van der Waals surface area contributed by atoms with Crippen molar-refractivity contribution >= 4 is 0 Å². The summed E-state index contributed by atoms with van der Waals surface area (Å²) in [6.07, 6.45) is 7.78. The molecule has 0 aromatic carbocycles. The fourth-order valence-corrected chi connectivity index (χ4v) is 3.41. The molecule has 2 aliphatic rings. The van der Waals surface area contributed by atoms with E-state index in [1.54, 1.807) is 0 Å². The van der Waals surface area contributed by atoms with Crippen LogP contribution in [0.5, 0.6) is 0 Å². The quantitative estimate of drug-likeness (QED) is 0.747. The van der Waals surface area contributed by atoms with Crippen LogP contribution >= 0.6 is 0 Å². The Labute approximate surface area is 129 Å². The molecule has 2 atom stereocenters. The number of piperidine rings is 1. The van der Waals surface area contributed by atoms with Crippen LogP contribution in [-0.4, -0.2) is 48.8 Å². The molecule has 4 heteroatoms. The van der Waals surface area contributed by atoms with Gasteiger partial charge in [-0.3, -0.25) is 5.32 Å². The Bertz CT molecular complexity index is 377. The molecule has 1 heterocycles. The molecule has 120 valence electrons. The van der Waals surface area contributed by atoms with Crippen molar-refractivity contribution in [2.75, 3.05) is 26.7 Å². The SMILES string of the molecule is CCC(C#N)(CCCN1CCCC(C)(OC)C1)NC1CC1. The fourth-order valence-electron chi connectivity index (χ4n) is 3.41. The molecule has 0 aromatic rings. The molecular formula is C17H31N3O. The second-order valence-corrected chi connectivity index (χ2v) is 7.10. The lowest BCUT2D eigenvalue weighted by molar-refractivity contribution is -0.0510. The third-order valence-corrected chi connectivity index (χ3v) is 5.18. The summed E-state index contributed by atoms with van der Waals surface area (Å²) in [4.78, 5) is 2.50. The Morgan fingerprint density at radius 1 is 1.48 bits per heavy atom. The van der Waals surface area contributed by atoms with Crippen LogP contribution in [0.25, 0.3) is 0 Å². The van der Waals surface area contributed by atoms with Crippen LogP contribution in [0.4, 0.5) is 0 Å². The zero-order chi connectivity index (χ0) is 15.3. The second-order valence-electron chi connectivity index (χ2n) is 7.10. The van der Waals surface area contributed by atoms with Crippen LogP contribution in [0, 0.1) is 11.3 Å². The van der Waals surface area contributed by atoms with Gasteiger partial charge in [-0.1, -0.05) is 6.92 Å². The molecule has 2 fully saturated rings. The maximum absolute atomic E-state index is 9.57. The number of hydrogen-bond donors (Lipinski definition) is 1. The highest BCUT2D eigenvalue weighted by Gasteiger charge is 2.35. The molecule has 0 bridgehead atoms. The Morgan fingerprint density at radius 3 is 2.81 bits per heavy atom. The summed E-state index contributed by atoms with van der Waals surface area (Å²) >= 11 is 0. The Kier molecular flexibility index (Phi) is 5.65. The highest BCUT2D eigenvalue weighted by Crippen LogP contribution is 2.28. The van der Waals surface area contributed by atoms with Gasteiger partial charge in [0.1, 0.15) is 5.54 Å². The molecule has 0 spiro atoms. The van der Waals surface area contributed by atoms with E-state index in [4.69, 9.17) is 4.74 Å². The first kappa shape index (κ1) is 16.7. The van der Waals surface area contributed by atoms with Crippen molar-refractivity contribution in [3.63, 3.8) is 0 Å². The lowest BCUT2D eigenvalue weighted by Crippen LogP contribution is -2.48. The highest BCUT2D eigenvalue weighted by molar-refractivity contribution is 5.09. The zero-order valence-corrected chi connectivity index (χ0v) is 14.0. The largest absolute Gasteiger partial charge is 0.377 e. The standard InChI is InChI=1S/C17H31N3O/c1-4-17(13-18,19-15-7-8-15)10-6-12-20-11-5-9-16(2,14-20)21-3/h15,19H,4-12,14H2,1-3H3. The predicted octanol–water partition coefficient (Wildman–Crippen LogP) is 2.69. The average Bonchev–Trinajstić information content (AvgIpc) is 3.30. The molecule has 2 rings (SSSR count). The predicted molar refractivity (Wildman–Crippen MR) is 85.1 cm³/mol. The Balaban J connectivity index is 1.78. The first-order chi connectivity index (χ1) is 10.0. The van der Waals surface area contributed by atoms with Crippen molar-refractivity contribution in [3.05, 3.63) is 0 Å². The van der Waals surface area contributed by atoms with Gasteiger partial charge in [-0.15, -0.1) is 0 Å². The zero-order valence-electron chi connectivity index (χ0n) is 14.0. The number of ether oxygens (including phenoxy) is 1. The molecule has 0 amide bonds. The van der Waals surface area contributed by atoms with Crippen molar-refractivity contribution < 1.29 is 4.74 Å². The van der Waals surface area contributed by atoms with E-state index in [0.717, 1.165) is 38.8 Å². The molecule has 0 radical (unpaired) electrons. The molecule has 1 N–H and O–H groups in total. The molecular weight excluding hydrogens is 262 g/mol. The number of likely N-dealkylation sites (tertiary alicyclic amines) is 1. The third-order valence-electron chi connectivity index (χ3n) is 5.18. The first-order valence-electron chi connectivity index (χ1n) is 8.51. The van der Waals surface area contributed by atoms with E-state index < -0.39 is 0 Å². The molecule has 1 aliphatic heterocycles. The van der Waals surface area contributed by atoms with Crippen LogP contribution in [0.1, 0.15) is 58.8 Å². The summed E-state index contributed by atoms with van der Waals surface area (Å²) in [6, 6.07) is 3.14. The number of nitrogens with zero attached hydrogens (tertiary/aromatic N) is 2. The van der Waals surface area contributed by atoms with Crippen LogP contribution < -0.4 is 5.32 Å². The van der Waals surface area contributed by atoms with E-state index in [2.05, 4.69) is 30.1 Å². The molecule has 21 heavy (non-hydrogen) atoms. The summed E-state index contributed by atoms with van der Waals surface area (Å²) in [5, 5.41) is 13.1. The molecule has 1 saturated heterocycles. The summed E-state index contributed by atoms with van der Waals surface area (Å²) in [7, 11) is 1.82. The van der Waals surface area contributed by atoms with Gasteiger partial charge in [-0.25, -0.2) is 0 Å². The normalized spacial score (nSPS) is 29.8. The third kappa shape index (κ3) is 4.67. The van der Waals surface area contributed by atoms with E-state index in [9.17, 15) is 5.26 Å². The smallest absolute Gasteiger partial charge is 0.106 e. The minimum atomic E-state index is -0.304. The van der Waals surface area contributed by atoms with Gasteiger partial charge >= 0.3 is 0 Å². The fraction of sp³-hybridized carbons (Fsp3) is 0.941. The molecule has 4 nitrogen and oxygen atoms in total. The molecule has 1 aliphatic carbocycles. The number of nitriles is 1. The molecule has 0 aromatic heterocycles. The van der Waals surface area contributed by atoms with Gasteiger partial charge in [0.2, 0.25) is 0 Å². The van der Waals surface area contributed by atoms with Crippen molar-refractivity contribution in [2.45, 2.75) is 76.0 Å². The minimum absolute atomic E-state index is 0.0155. The van der Waals surface area contributed by atoms with E-state index in [0.29, 0.717) is 6.04 Å². The van der Waals surface area contributed by atoms with Crippen LogP contribution in [0.3, 0.4) is 0 Å². The van der Waals surface area contributed by atoms with E-state index in [1.165, 1.54) is 25.8 Å². The van der Waals surface area contributed by atoms with Crippen LogP contribution in [0.15, 0.2) is 0 Å².